The number of halogens is 1. The molecule has 2 aromatic rings. The third-order valence-electron chi connectivity index (χ3n) is 2.89. The first-order chi connectivity index (χ1) is 9.04. The number of methoxy groups -OCH3 is 1. The second-order valence-electron chi connectivity index (χ2n) is 4.55. The highest BCUT2D eigenvalue weighted by Gasteiger charge is 2.22. The summed E-state index contributed by atoms with van der Waals surface area (Å²) in [4.78, 5) is 3.82. The van der Waals surface area contributed by atoms with E-state index in [0.29, 0.717) is 17.0 Å². The number of pyridine rings is 1. The Kier molecular flexibility index (Phi) is 3.80. The zero-order chi connectivity index (χ0) is 14.0. The number of hydrogen-bond donors (Lipinski definition) is 1. The number of nitrogens with zero attached hydrogens (tertiary/aromatic N) is 3. The zero-order valence-corrected chi connectivity index (χ0v) is 11.2. The van der Waals surface area contributed by atoms with Gasteiger partial charge in [0.1, 0.15) is 11.5 Å². The van der Waals surface area contributed by atoms with E-state index >= 15 is 0 Å². The molecule has 0 fully saturated rings. The SMILES string of the molecule is COc1cnn(C(C)C)c1C(N)c1cncc(F)c1. The van der Waals surface area contributed by atoms with Gasteiger partial charge in [-0.05, 0) is 25.5 Å². The minimum atomic E-state index is -0.539. The summed E-state index contributed by atoms with van der Waals surface area (Å²) in [5, 5.41) is 4.25. The second kappa shape index (κ2) is 5.36. The summed E-state index contributed by atoms with van der Waals surface area (Å²) in [6.45, 7) is 3.99. The normalized spacial score (nSPS) is 12.7. The maximum Gasteiger partial charge on any atom is 0.161 e. The molecule has 0 bridgehead atoms. The van der Waals surface area contributed by atoms with Gasteiger partial charge in [-0.15, -0.1) is 0 Å². The first-order valence-electron chi connectivity index (χ1n) is 6.02. The Morgan fingerprint density at radius 2 is 2.05 bits per heavy atom. The molecule has 1 unspecified atom stereocenters. The van der Waals surface area contributed by atoms with Crippen LogP contribution >= 0.6 is 0 Å². The van der Waals surface area contributed by atoms with E-state index in [4.69, 9.17) is 10.5 Å². The van der Waals surface area contributed by atoms with Crippen molar-refractivity contribution in [3.63, 3.8) is 0 Å². The average Bonchev–Trinajstić information content (AvgIpc) is 2.81. The lowest BCUT2D eigenvalue weighted by Crippen LogP contribution is -2.19. The lowest BCUT2D eigenvalue weighted by molar-refractivity contribution is 0.400. The van der Waals surface area contributed by atoms with Crippen LogP contribution in [0.3, 0.4) is 0 Å². The van der Waals surface area contributed by atoms with E-state index in [1.807, 2.05) is 13.8 Å². The number of hydrogen-bond acceptors (Lipinski definition) is 4. The van der Waals surface area contributed by atoms with E-state index < -0.39 is 11.9 Å². The third kappa shape index (κ3) is 2.58. The predicted molar refractivity (Wildman–Crippen MR) is 69.4 cm³/mol. The van der Waals surface area contributed by atoms with E-state index in [1.54, 1.807) is 24.2 Å². The van der Waals surface area contributed by atoms with Gasteiger partial charge in [0.25, 0.3) is 0 Å². The Morgan fingerprint density at radius 3 is 2.63 bits per heavy atom. The van der Waals surface area contributed by atoms with Crippen LogP contribution in [0.5, 0.6) is 5.75 Å². The van der Waals surface area contributed by atoms with Gasteiger partial charge in [-0.2, -0.15) is 5.10 Å². The summed E-state index contributed by atoms with van der Waals surface area (Å²) >= 11 is 0. The summed E-state index contributed by atoms with van der Waals surface area (Å²) < 4.78 is 20.3. The van der Waals surface area contributed by atoms with Crippen molar-refractivity contribution in [2.24, 2.45) is 5.73 Å². The molecule has 5 nitrogen and oxygen atoms in total. The number of aromatic nitrogens is 3. The highest BCUT2D eigenvalue weighted by Crippen LogP contribution is 2.30. The van der Waals surface area contributed by atoms with Crippen LogP contribution in [-0.2, 0) is 0 Å². The van der Waals surface area contributed by atoms with Crippen LogP contribution in [0, 0.1) is 5.82 Å². The van der Waals surface area contributed by atoms with Gasteiger partial charge in [0, 0.05) is 12.2 Å². The van der Waals surface area contributed by atoms with Gasteiger partial charge in [-0.25, -0.2) is 4.39 Å². The third-order valence-corrected chi connectivity index (χ3v) is 2.89. The Morgan fingerprint density at radius 1 is 1.32 bits per heavy atom. The fourth-order valence-corrected chi connectivity index (χ4v) is 1.98. The molecule has 0 aliphatic rings. The van der Waals surface area contributed by atoms with Crippen LogP contribution in [0.1, 0.15) is 37.2 Å². The van der Waals surface area contributed by atoms with Crippen LogP contribution in [-0.4, -0.2) is 21.9 Å². The maximum absolute atomic E-state index is 13.2. The molecule has 0 saturated carbocycles. The fraction of sp³-hybridized carbons (Fsp3) is 0.385. The van der Waals surface area contributed by atoms with Crippen LogP contribution < -0.4 is 10.5 Å². The standard InChI is InChI=1S/C13H17FN4O/c1-8(2)18-13(11(19-3)7-17-18)12(15)9-4-10(14)6-16-5-9/h4-8,12H,15H2,1-3H3. The Hall–Kier alpha value is -1.95. The molecule has 0 spiro atoms. The Bertz CT molecular complexity index is 568. The minimum Gasteiger partial charge on any atom is -0.493 e. The smallest absolute Gasteiger partial charge is 0.161 e. The molecule has 2 heterocycles. The topological polar surface area (TPSA) is 66.0 Å². The van der Waals surface area contributed by atoms with E-state index in [2.05, 4.69) is 10.1 Å². The summed E-state index contributed by atoms with van der Waals surface area (Å²) in [6, 6.07) is 0.962. The summed E-state index contributed by atoms with van der Waals surface area (Å²) in [7, 11) is 1.56. The highest BCUT2D eigenvalue weighted by molar-refractivity contribution is 5.35. The predicted octanol–water partition coefficient (Wildman–Crippen LogP) is 2.05. The van der Waals surface area contributed by atoms with Crippen molar-refractivity contribution in [3.05, 3.63) is 41.7 Å². The minimum absolute atomic E-state index is 0.131. The van der Waals surface area contributed by atoms with Crippen LogP contribution in [0.15, 0.2) is 24.7 Å². The number of ether oxygens (including phenoxy) is 1. The number of rotatable bonds is 4. The second-order valence-corrected chi connectivity index (χ2v) is 4.55. The van der Waals surface area contributed by atoms with Crippen LogP contribution in [0.25, 0.3) is 0 Å². The van der Waals surface area contributed by atoms with Gasteiger partial charge in [-0.3, -0.25) is 9.67 Å². The molecular formula is C13H17FN4O. The molecule has 0 saturated heterocycles. The van der Waals surface area contributed by atoms with Crippen molar-refractivity contribution in [2.75, 3.05) is 7.11 Å². The van der Waals surface area contributed by atoms with Crippen LogP contribution in [0.4, 0.5) is 4.39 Å². The molecule has 0 amide bonds. The largest absolute Gasteiger partial charge is 0.493 e. The number of nitrogens with two attached hydrogens (primary N) is 1. The molecule has 2 rings (SSSR count). The molecule has 0 aliphatic carbocycles. The Balaban J connectivity index is 2.48. The molecule has 1 atom stereocenters. The average molecular weight is 264 g/mol. The quantitative estimate of drug-likeness (QED) is 0.917. The van der Waals surface area contributed by atoms with E-state index in [1.165, 1.54) is 6.07 Å². The Labute approximate surface area is 111 Å². The molecule has 2 N–H and O–H groups in total. The lowest BCUT2D eigenvalue weighted by atomic mass is 10.1. The zero-order valence-electron chi connectivity index (χ0n) is 11.2. The van der Waals surface area contributed by atoms with Gasteiger partial charge < -0.3 is 10.5 Å². The summed E-state index contributed by atoms with van der Waals surface area (Å²) in [6.07, 6.45) is 4.31. The van der Waals surface area contributed by atoms with Crippen molar-refractivity contribution in [2.45, 2.75) is 25.9 Å². The monoisotopic (exact) mass is 264 g/mol. The molecule has 2 aromatic heterocycles. The molecule has 6 heteroatoms. The fourth-order valence-electron chi connectivity index (χ4n) is 1.98. The lowest BCUT2D eigenvalue weighted by Gasteiger charge is -2.18. The van der Waals surface area contributed by atoms with Gasteiger partial charge >= 0.3 is 0 Å². The van der Waals surface area contributed by atoms with Gasteiger partial charge in [0.05, 0.1) is 25.5 Å². The van der Waals surface area contributed by atoms with Gasteiger partial charge in [0.2, 0.25) is 0 Å². The highest BCUT2D eigenvalue weighted by atomic mass is 19.1. The van der Waals surface area contributed by atoms with E-state index in [0.717, 1.165) is 6.20 Å². The van der Waals surface area contributed by atoms with Crippen molar-refractivity contribution in [1.29, 1.82) is 0 Å². The molecule has 19 heavy (non-hydrogen) atoms. The van der Waals surface area contributed by atoms with Crippen molar-refractivity contribution >= 4 is 0 Å². The van der Waals surface area contributed by atoms with Crippen LogP contribution in [0.2, 0.25) is 0 Å². The van der Waals surface area contributed by atoms with E-state index in [-0.39, 0.29) is 6.04 Å². The van der Waals surface area contributed by atoms with Crippen molar-refractivity contribution in [3.8, 4) is 5.75 Å². The van der Waals surface area contributed by atoms with Crippen molar-refractivity contribution < 1.29 is 9.13 Å². The van der Waals surface area contributed by atoms with Crippen molar-refractivity contribution in [1.82, 2.24) is 14.8 Å². The van der Waals surface area contributed by atoms with E-state index in [9.17, 15) is 4.39 Å². The first-order valence-corrected chi connectivity index (χ1v) is 6.02. The summed E-state index contributed by atoms with van der Waals surface area (Å²) in [5.41, 5.74) is 7.49. The molecule has 0 aromatic carbocycles. The van der Waals surface area contributed by atoms with Gasteiger partial charge in [0.15, 0.2) is 5.75 Å². The maximum atomic E-state index is 13.2. The molecular weight excluding hydrogens is 247 g/mol. The molecule has 0 aliphatic heterocycles. The molecule has 102 valence electrons. The summed E-state index contributed by atoms with van der Waals surface area (Å²) in [5.74, 6) is 0.174. The molecule has 0 radical (unpaired) electrons. The first kappa shape index (κ1) is 13.5. The van der Waals surface area contributed by atoms with Gasteiger partial charge in [-0.1, -0.05) is 0 Å².